The highest BCUT2D eigenvalue weighted by Crippen LogP contribution is 2.23. The summed E-state index contributed by atoms with van der Waals surface area (Å²) in [4.78, 5) is 0.963. The van der Waals surface area contributed by atoms with E-state index in [1.54, 1.807) is 7.11 Å². The predicted octanol–water partition coefficient (Wildman–Crippen LogP) is 1.92. The van der Waals surface area contributed by atoms with Crippen LogP contribution in [0, 0.1) is 0 Å². The molecular weight excluding hydrogens is 146 g/mol. The number of benzene rings is 1. The molecule has 54 valence electrons. The van der Waals surface area contributed by atoms with Gasteiger partial charge in [-0.1, -0.05) is 12.1 Å². The molecule has 0 aliphatic rings. The van der Waals surface area contributed by atoms with Gasteiger partial charge in [-0.2, -0.15) is 0 Å². The van der Waals surface area contributed by atoms with Crippen LogP contribution in [0.4, 0.5) is 5.69 Å². The minimum Gasteiger partial charge on any atom is -0.398 e. The molecule has 0 aliphatic carbocycles. The number of anilines is 1. The van der Waals surface area contributed by atoms with Gasteiger partial charge in [0.05, 0.1) is 12.0 Å². The molecule has 0 heterocycles. The Labute approximate surface area is 64.6 Å². The van der Waals surface area contributed by atoms with Crippen molar-refractivity contribution in [1.29, 1.82) is 0 Å². The number of hydrogen-bond acceptors (Lipinski definition) is 3. The standard InChI is InChI=1S/C7H9NOS/c1-9-10-7-5-3-2-4-6(7)8/h2-5H,8H2,1H3. The molecule has 0 spiro atoms. The van der Waals surface area contributed by atoms with E-state index in [4.69, 9.17) is 9.92 Å². The lowest BCUT2D eigenvalue weighted by molar-refractivity contribution is 0.490. The quantitative estimate of drug-likeness (QED) is 0.523. The second-order valence-electron chi connectivity index (χ2n) is 1.79. The third-order valence-corrected chi connectivity index (χ3v) is 1.81. The Bertz CT molecular complexity index is 215. The van der Waals surface area contributed by atoms with Gasteiger partial charge in [0.1, 0.15) is 0 Å². The molecule has 0 unspecified atom stereocenters. The summed E-state index contributed by atoms with van der Waals surface area (Å²) in [6.07, 6.45) is 0. The second kappa shape index (κ2) is 3.49. The van der Waals surface area contributed by atoms with E-state index >= 15 is 0 Å². The molecule has 0 aliphatic heterocycles. The van der Waals surface area contributed by atoms with Gasteiger partial charge in [-0.3, -0.25) is 0 Å². The topological polar surface area (TPSA) is 35.2 Å². The molecule has 0 fully saturated rings. The first kappa shape index (κ1) is 7.44. The number of nitrogens with two attached hydrogens (primary N) is 1. The molecule has 3 heteroatoms. The van der Waals surface area contributed by atoms with Crippen molar-refractivity contribution in [3.8, 4) is 0 Å². The molecule has 1 rings (SSSR count). The summed E-state index contributed by atoms with van der Waals surface area (Å²) in [7, 11) is 1.62. The summed E-state index contributed by atoms with van der Waals surface area (Å²) in [6, 6.07) is 7.59. The van der Waals surface area contributed by atoms with Crippen LogP contribution in [0.1, 0.15) is 0 Å². The van der Waals surface area contributed by atoms with Gasteiger partial charge in [0.25, 0.3) is 0 Å². The fourth-order valence-corrected chi connectivity index (χ4v) is 1.12. The minimum absolute atomic E-state index is 0.759. The fourth-order valence-electron chi connectivity index (χ4n) is 0.646. The highest BCUT2D eigenvalue weighted by atomic mass is 32.2. The fraction of sp³-hybridized carbons (Fsp3) is 0.143. The van der Waals surface area contributed by atoms with E-state index in [-0.39, 0.29) is 0 Å². The molecule has 0 atom stereocenters. The number of rotatable bonds is 2. The Morgan fingerprint density at radius 2 is 2.10 bits per heavy atom. The van der Waals surface area contributed by atoms with Gasteiger partial charge < -0.3 is 9.92 Å². The largest absolute Gasteiger partial charge is 0.398 e. The van der Waals surface area contributed by atoms with Gasteiger partial charge in [-0.05, 0) is 12.1 Å². The average molecular weight is 155 g/mol. The van der Waals surface area contributed by atoms with Crippen LogP contribution in [-0.4, -0.2) is 7.11 Å². The molecule has 0 saturated carbocycles. The van der Waals surface area contributed by atoms with Crippen LogP contribution in [0.15, 0.2) is 29.2 Å². The Morgan fingerprint density at radius 3 is 2.70 bits per heavy atom. The van der Waals surface area contributed by atoms with Crippen molar-refractivity contribution in [1.82, 2.24) is 0 Å². The van der Waals surface area contributed by atoms with Crippen molar-refractivity contribution in [2.45, 2.75) is 4.90 Å². The van der Waals surface area contributed by atoms with Crippen LogP contribution in [0.5, 0.6) is 0 Å². The van der Waals surface area contributed by atoms with E-state index in [1.165, 1.54) is 12.0 Å². The number of para-hydroxylation sites is 1. The van der Waals surface area contributed by atoms with Crippen LogP contribution in [-0.2, 0) is 4.18 Å². The zero-order valence-electron chi connectivity index (χ0n) is 5.70. The Kier molecular flexibility index (Phi) is 2.59. The van der Waals surface area contributed by atoms with Crippen molar-refractivity contribution in [2.75, 3.05) is 12.8 Å². The van der Waals surface area contributed by atoms with Gasteiger partial charge in [-0.15, -0.1) is 0 Å². The maximum absolute atomic E-state index is 5.61. The molecule has 0 amide bonds. The maximum Gasteiger partial charge on any atom is 0.0582 e. The maximum atomic E-state index is 5.61. The molecule has 0 bridgehead atoms. The molecule has 1 aromatic rings. The first-order valence-corrected chi connectivity index (χ1v) is 3.64. The summed E-state index contributed by atoms with van der Waals surface area (Å²) in [5, 5.41) is 0. The van der Waals surface area contributed by atoms with E-state index < -0.39 is 0 Å². The monoisotopic (exact) mass is 155 g/mol. The molecule has 2 N–H and O–H groups in total. The number of nitrogen functional groups attached to an aromatic ring is 1. The lowest BCUT2D eigenvalue weighted by Crippen LogP contribution is -1.86. The van der Waals surface area contributed by atoms with Crippen LogP contribution in [0.3, 0.4) is 0 Å². The van der Waals surface area contributed by atoms with Crippen molar-refractivity contribution in [3.05, 3.63) is 24.3 Å². The van der Waals surface area contributed by atoms with Crippen LogP contribution in [0.25, 0.3) is 0 Å². The Hall–Kier alpha value is -0.670. The average Bonchev–Trinajstić information content (AvgIpc) is 1.94. The van der Waals surface area contributed by atoms with E-state index in [0.717, 1.165) is 10.6 Å². The van der Waals surface area contributed by atoms with E-state index in [0.29, 0.717) is 0 Å². The normalized spacial score (nSPS) is 9.70. The smallest absolute Gasteiger partial charge is 0.0582 e. The Balaban J connectivity index is 2.81. The second-order valence-corrected chi connectivity index (χ2v) is 2.73. The molecule has 1 aromatic carbocycles. The third-order valence-electron chi connectivity index (χ3n) is 1.09. The summed E-state index contributed by atoms with van der Waals surface area (Å²) >= 11 is 1.28. The van der Waals surface area contributed by atoms with Crippen molar-refractivity contribution in [2.24, 2.45) is 0 Å². The molecular formula is C7H9NOS. The van der Waals surface area contributed by atoms with E-state index in [9.17, 15) is 0 Å². The zero-order chi connectivity index (χ0) is 7.40. The lowest BCUT2D eigenvalue weighted by atomic mass is 10.3. The first-order valence-electron chi connectivity index (χ1n) is 2.90. The predicted molar refractivity (Wildman–Crippen MR) is 43.7 cm³/mol. The summed E-state index contributed by atoms with van der Waals surface area (Å²) in [5.41, 5.74) is 6.36. The van der Waals surface area contributed by atoms with Gasteiger partial charge in [0.2, 0.25) is 0 Å². The summed E-state index contributed by atoms with van der Waals surface area (Å²) < 4.78 is 4.85. The molecule has 0 radical (unpaired) electrons. The molecule has 0 aromatic heterocycles. The minimum atomic E-state index is 0.759. The van der Waals surface area contributed by atoms with Gasteiger partial charge in [-0.25, -0.2) is 0 Å². The van der Waals surface area contributed by atoms with Crippen molar-refractivity contribution >= 4 is 17.7 Å². The van der Waals surface area contributed by atoms with Crippen LogP contribution in [0.2, 0.25) is 0 Å². The van der Waals surface area contributed by atoms with E-state index in [1.807, 2.05) is 24.3 Å². The van der Waals surface area contributed by atoms with Gasteiger partial charge in [0, 0.05) is 17.7 Å². The van der Waals surface area contributed by atoms with Crippen LogP contribution >= 0.6 is 12.0 Å². The Morgan fingerprint density at radius 1 is 1.40 bits per heavy atom. The van der Waals surface area contributed by atoms with Crippen molar-refractivity contribution < 1.29 is 4.18 Å². The van der Waals surface area contributed by atoms with E-state index in [2.05, 4.69) is 0 Å². The summed E-state index contributed by atoms with van der Waals surface area (Å²) in [5.74, 6) is 0. The first-order chi connectivity index (χ1) is 4.84. The van der Waals surface area contributed by atoms with Gasteiger partial charge >= 0.3 is 0 Å². The molecule has 10 heavy (non-hydrogen) atoms. The lowest BCUT2D eigenvalue weighted by Gasteiger charge is -1.99. The van der Waals surface area contributed by atoms with Gasteiger partial charge in [0.15, 0.2) is 0 Å². The highest BCUT2D eigenvalue weighted by molar-refractivity contribution is 7.94. The zero-order valence-corrected chi connectivity index (χ0v) is 6.52. The number of hydrogen-bond donors (Lipinski definition) is 1. The summed E-state index contributed by atoms with van der Waals surface area (Å²) in [6.45, 7) is 0. The third kappa shape index (κ3) is 1.65. The highest BCUT2D eigenvalue weighted by Gasteiger charge is 1.95. The van der Waals surface area contributed by atoms with Crippen molar-refractivity contribution in [3.63, 3.8) is 0 Å². The SMILES string of the molecule is COSc1ccccc1N. The van der Waals surface area contributed by atoms with Crippen LogP contribution < -0.4 is 5.73 Å². The molecule has 2 nitrogen and oxygen atoms in total. The molecule has 0 saturated heterocycles.